The summed E-state index contributed by atoms with van der Waals surface area (Å²) in [4.78, 5) is 0. The largest absolute Gasteiger partial charge is 0.0654 e. The fourth-order valence-corrected chi connectivity index (χ4v) is 0.879. The third-order valence-corrected chi connectivity index (χ3v) is 1.58. The van der Waals surface area contributed by atoms with Crippen molar-refractivity contribution in [2.24, 2.45) is 0 Å². The van der Waals surface area contributed by atoms with Crippen molar-refractivity contribution in [1.29, 1.82) is 0 Å². The first kappa shape index (κ1) is 4.27. The van der Waals surface area contributed by atoms with Crippen LogP contribution in [0.25, 0.3) is 5.57 Å². The smallest absolute Gasteiger partial charge is 0.0629 e. The first-order chi connectivity index (χ1) is 7.91. The average Bonchev–Trinajstić information content (AvgIpc) is 2.31. The van der Waals surface area contributed by atoms with E-state index in [1.165, 1.54) is 0 Å². The number of rotatable bonds is 4. The van der Waals surface area contributed by atoms with E-state index in [1.807, 2.05) is 6.92 Å². The fraction of sp³-hybridized carbons (Fsp3) is 0.333. The van der Waals surface area contributed by atoms with Crippen molar-refractivity contribution >= 4 is 5.57 Å². The Balaban J connectivity index is 3.29. The van der Waals surface area contributed by atoms with Crippen molar-refractivity contribution in [3.05, 3.63) is 42.4 Å². The molecular formula is C12H14. The molecule has 0 amide bonds. The molecular weight excluding hydrogens is 144 g/mol. The topological polar surface area (TPSA) is 0 Å². The summed E-state index contributed by atoms with van der Waals surface area (Å²) in [5.41, 5.74) is 0.147. The Morgan fingerprint density at radius 3 is 2.67 bits per heavy atom. The highest BCUT2D eigenvalue weighted by molar-refractivity contribution is 5.61. The van der Waals surface area contributed by atoms with Gasteiger partial charge in [-0.05, 0) is 30.6 Å². The highest BCUT2D eigenvalue weighted by atomic mass is 14.0. The molecule has 0 fully saturated rings. The molecule has 1 aromatic carbocycles. The molecule has 0 atom stereocenters. The molecule has 0 heteroatoms. The van der Waals surface area contributed by atoms with Gasteiger partial charge < -0.3 is 0 Å². The number of hydrogen-bond acceptors (Lipinski definition) is 0. The zero-order valence-corrected chi connectivity index (χ0v) is 7.12. The lowest BCUT2D eigenvalue weighted by atomic mass is 10.0. The Morgan fingerprint density at radius 2 is 2.08 bits per heavy atom. The van der Waals surface area contributed by atoms with Crippen LogP contribution in [0.5, 0.6) is 0 Å². The summed E-state index contributed by atoms with van der Waals surface area (Å²) in [6.45, 7) is 9.79. The van der Waals surface area contributed by atoms with Crippen LogP contribution in [0.1, 0.15) is 38.6 Å². The Labute approximate surface area is 82.0 Å². The Morgan fingerprint density at radius 1 is 1.42 bits per heavy atom. The Bertz CT molecular complexity index is 422. The lowest BCUT2D eigenvalue weighted by molar-refractivity contribution is 0.824. The van der Waals surface area contributed by atoms with Crippen LogP contribution in [0, 0.1) is 6.58 Å². The maximum absolute atomic E-state index is 7.81. The van der Waals surface area contributed by atoms with Gasteiger partial charge in [0.25, 0.3) is 0 Å². The Hall–Kier alpha value is -1.04. The molecule has 0 aliphatic carbocycles. The number of allylic oxidation sites excluding steroid dienone is 1. The summed E-state index contributed by atoms with van der Waals surface area (Å²) >= 11 is 0. The molecule has 0 aliphatic rings. The summed E-state index contributed by atoms with van der Waals surface area (Å²) in [6.07, 6.45) is 2.12. The third kappa shape index (κ3) is 2.54. The molecule has 0 aromatic heterocycles. The van der Waals surface area contributed by atoms with E-state index in [9.17, 15) is 0 Å². The monoisotopic (exact) mass is 163 g/mol. The summed E-state index contributed by atoms with van der Waals surface area (Å²) in [5, 5.41) is 0. The molecule has 1 aromatic rings. The fourth-order valence-electron chi connectivity index (χ4n) is 0.879. The van der Waals surface area contributed by atoms with E-state index in [2.05, 4.69) is 0 Å². The maximum atomic E-state index is 7.81. The number of unbranched alkanes of at least 4 members (excludes halogenated alkanes) is 1. The van der Waals surface area contributed by atoms with Crippen molar-refractivity contribution in [3.63, 3.8) is 0 Å². The van der Waals surface area contributed by atoms with Crippen LogP contribution in [-0.2, 0) is 0 Å². The average molecular weight is 163 g/mol. The van der Waals surface area contributed by atoms with Gasteiger partial charge in [-0.3, -0.25) is 0 Å². The molecule has 0 unspecified atom stereocenters. The maximum Gasteiger partial charge on any atom is 0.0629 e. The SMILES string of the molecule is [2H]c1c([2H])c([2H])c(C(=[C])CCCC)c([2H])c1[2H]. The molecule has 0 saturated carbocycles. The van der Waals surface area contributed by atoms with E-state index >= 15 is 0 Å². The van der Waals surface area contributed by atoms with Crippen molar-refractivity contribution < 1.29 is 6.85 Å². The highest BCUT2D eigenvalue weighted by Gasteiger charge is 1.96. The zero-order valence-electron chi connectivity index (χ0n) is 12.1. The van der Waals surface area contributed by atoms with Crippen molar-refractivity contribution in [2.75, 3.05) is 0 Å². The first-order valence-corrected chi connectivity index (χ1v) is 4.06. The standard InChI is InChI=1S/C12H14/c1-3-4-8-11(2)12-9-6-5-7-10-12/h5-7,9-10H,3-4,8H2,1H3/i5D,6D,7D,9D,10D. The molecule has 0 saturated heterocycles. The second-order valence-electron chi connectivity index (χ2n) is 2.58. The lowest BCUT2D eigenvalue weighted by Gasteiger charge is -2.02. The predicted molar refractivity (Wildman–Crippen MR) is 52.6 cm³/mol. The molecule has 0 aliphatic heterocycles. The van der Waals surface area contributed by atoms with Crippen LogP contribution >= 0.6 is 0 Å². The summed E-state index contributed by atoms with van der Waals surface area (Å²) in [6, 6.07) is -1.72. The van der Waals surface area contributed by atoms with Gasteiger partial charge in [-0.2, -0.15) is 0 Å². The molecule has 1 rings (SSSR count). The summed E-state index contributed by atoms with van der Waals surface area (Å²) in [7, 11) is 0. The van der Waals surface area contributed by atoms with Gasteiger partial charge in [0, 0.05) is 0 Å². The van der Waals surface area contributed by atoms with Crippen LogP contribution in [0.4, 0.5) is 0 Å². The highest BCUT2D eigenvalue weighted by Crippen LogP contribution is 2.17. The molecule has 0 N–H and O–H groups in total. The molecule has 0 nitrogen and oxygen atoms in total. The molecule has 2 radical (unpaired) electrons. The van der Waals surface area contributed by atoms with Crippen LogP contribution in [0.3, 0.4) is 0 Å². The van der Waals surface area contributed by atoms with Crippen LogP contribution in [0.15, 0.2) is 30.2 Å². The van der Waals surface area contributed by atoms with Crippen LogP contribution in [-0.4, -0.2) is 0 Å². The predicted octanol–water partition coefficient (Wildman–Crippen LogP) is 3.57. The van der Waals surface area contributed by atoms with E-state index in [0.717, 1.165) is 12.8 Å². The van der Waals surface area contributed by atoms with Gasteiger partial charge in [0.2, 0.25) is 0 Å². The number of hydrogen-bond donors (Lipinski definition) is 0. The summed E-state index contributed by atoms with van der Waals surface area (Å²) < 4.78 is 37.8. The van der Waals surface area contributed by atoms with Gasteiger partial charge in [-0.15, -0.1) is 0 Å². The molecule has 0 bridgehead atoms. The normalized spacial score (nSPS) is 15.6. The van der Waals surface area contributed by atoms with Gasteiger partial charge in [0.1, 0.15) is 0 Å². The first-order valence-electron chi connectivity index (χ1n) is 6.56. The van der Waals surface area contributed by atoms with Gasteiger partial charge in [-0.1, -0.05) is 43.6 Å². The Kier molecular flexibility index (Phi) is 1.69. The molecule has 0 heterocycles. The van der Waals surface area contributed by atoms with Crippen LogP contribution in [0.2, 0.25) is 0 Å². The molecule has 62 valence electrons. The molecule has 0 spiro atoms. The van der Waals surface area contributed by atoms with Gasteiger partial charge >= 0.3 is 0 Å². The van der Waals surface area contributed by atoms with Gasteiger partial charge in [0.15, 0.2) is 0 Å². The number of benzene rings is 1. The second kappa shape index (κ2) is 4.76. The quantitative estimate of drug-likeness (QED) is 0.636. The zero-order chi connectivity index (χ0) is 13.2. The van der Waals surface area contributed by atoms with E-state index in [4.69, 9.17) is 13.4 Å². The second-order valence-corrected chi connectivity index (χ2v) is 2.58. The third-order valence-electron chi connectivity index (χ3n) is 1.58. The lowest BCUT2D eigenvalue weighted by Crippen LogP contribution is -1.81. The van der Waals surface area contributed by atoms with E-state index in [1.54, 1.807) is 0 Å². The minimum atomic E-state index is -0.410. The van der Waals surface area contributed by atoms with E-state index in [-0.39, 0.29) is 35.3 Å². The van der Waals surface area contributed by atoms with Crippen molar-refractivity contribution in [2.45, 2.75) is 26.2 Å². The molecule has 12 heavy (non-hydrogen) atoms. The minimum Gasteiger partial charge on any atom is -0.0654 e. The van der Waals surface area contributed by atoms with Gasteiger partial charge in [-0.25, -0.2) is 0 Å². The van der Waals surface area contributed by atoms with Crippen molar-refractivity contribution in [3.8, 4) is 0 Å². The van der Waals surface area contributed by atoms with E-state index < -0.39 is 6.04 Å². The summed E-state index contributed by atoms with van der Waals surface area (Å²) in [5.74, 6) is 0. The van der Waals surface area contributed by atoms with E-state index in [0.29, 0.717) is 6.42 Å². The van der Waals surface area contributed by atoms with Crippen LogP contribution < -0.4 is 0 Å². The van der Waals surface area contributed by atoms with Gasteiger partial charge in [0.05, 0.1) is 6.85 Å². The minimum absolute atomic E-state index is 0.0319. The van der Waals surface area contributed by atoms with Crippen molar-refractivity contribution in [1.82, 2.24) is 0 Å².